The molecule has 0 radical (unpaired) electrons. The summed E-state index contributed by atoms with van der Waals surface area (Å²) in [7, 11) is 1.56. The Morgan fingerprint density at radius 2 is 1.87 bits per heavy atom. The summed E-state index contributed by atoms with van der Waals surface area (Å²) in [6.45, 7) is 4.35. The highest BCUT2D eigenvalue weighted by Gasteiger charge is 2.16. The quantitative estimate of drug-likeness (QED) is 0.793. The van der Waals surface area contributed by atoms with Gasteiger partial charge in [0.15, 0.2) is 0 Å². The molecule has 1 heterocycles. The molecule has 0 amide bonds. The second-order valence-electron chi connectivity index (χ2n) is 5.49. The minimum atomic E-state index is -0.346. The van der Waals surface area contributed by atoms with E-state index in [1.165, 1.54) is 0 Å². The molecule has 1 fully saturated rings. The van der Waals surface area contributed by atoms with Crippen molar-refractivity contribution in [2.24, 2.45) is 0 Å². The molecule has 3 rings (SSSR count). The van der Waals surface area contributed by atoms with Crippen LogP contribution in [-0.2, 0) is 9.47 Å². The number of esters is 1. The van der Waals surface area contributed by atoms with Crippen molar-refractivity contribution in [3.63, 3.8) is 0 Å². The topological polar surface area (TPSA) is 48.0 Å². The first-order valence-corrected chi connectivity index (χ1v) is 7.82. The fourth-order valence-corrected chi connectivity index (χ4v) is 2.72. The van der Waals surface area contributed by atoms with E-state index in [1.54, 1.807) is 7.11 Å². The van der Waals surface area contributed by atoms with Gasteiger partial charge in [-0.25, -0.2) is 4.79 Å². The van der Waals surface area contributed by atoms with Crippen LogP contribution in [0.2, 0.25) is 0 Å². The van der Waals surface area contributed by atoms with Crippen molar-refractivity contribution in [1.82, 2.24) is 4.90 Å². The molecule has 0 atom stereocenters. The van der Waals surface area contributed by atoms with Crippen LogP contribution in [0.3, 0.4) is 0 Å². The Balaban J connectivity index is 1.67. The van der Waals surface area contributed by atoms with Gasteiger partial charge in [0.1, 0.15) is 17.9 Å². The zero-order valence-electron chi connectivity index (χ0n) is 13.3. The van der Waals surface area contributed by atoms with E-state index in [0.717, 1.165) is 43.6 Å². The highest BCUT2D eigenvalue weighted by molar-refractivity contribution is 5.98. The molecule has 122 valence electrons. The second kappa shape index (κ2) is 7.44. The van der Waals surface area contributed by atoms with Crippen LogP contribution >= 0.6 is 0 Å². The van der Waals surface area contributed by atoms with E-state index in [9.17, 15) is 4.79 Å². The van der Waals surface area contributed by atoms with Crippen LogP contribution in [0.25, 0.3) is 10.8 Å². The van der Waals surface area contributed by atoms with Gasteiger partial charge in [-0.3, -0.25) is 4.90 Å². The molecule has 2 aromatic rings. The van der Waals surface area contributed by atoms with E-state index in [4.69, 9.17) is 14.2 Å². The van der Waals surface area contributed by atoms with Crippen LogP contribution in [0.4, 0.5) is 0 Å². The van der Waals surface area contributed by atoms with Crippen molar-refractivity contribution >= 4 is 16.7 Å². The molecule has 0 aromatic heterocycles. The van der Waals surface area contributed by atoms with Gasteiger partial charge in [0.2, 0.25) is 0 Å². The van der Waals surface area contributed by atoms with Gasteiger partial charge in [0.05, 0.1) is 20.3 Å². The number of carbonyl (C=O) groups excluding carboxylic acids is 1. The molecule has 23 heavy (non-hydrogen) atoms. The first-order chi connectivity index (χ1) is 11.3. The van der Waals surface area contributed by atoms with Crippen LogP contribution < -0.4 is 4.74 Å². The molecule has 0 unspecified atom stereocenters. The van der Waals surface area contributed by atoms with E-state index in [0.29, 0.717) is 17.9 Å². The number of hydrogen-bond donors (Lipinski definition) is 0. The zero-order chi connectivity index (χ0) is 16.1. The SMILES string of the molecule is COc1cc2ccccc2cc1C(=O)OCCN1CCOCC1. The third-order valence-electron chi connectivity index (χ3n) is 4.03. The molecule has 2 aromatic carbocycles. The number of fused-ring (bicyclic) bond motifs is 1. The molecular weight excluding hydrogens is 294 g/mol. The number of carbonyl (C=O) groups is 1. The third kappa shape index (κ3) is 3.81. The molecule has 0 aliphatic carbocycles. The van der Waals surface area contributed by atoms with Gasteiger partial charge < -0.3 is 14.2 Å². The number of morpholine rings is 1. The fraction of sp³-hybridized carbons (Fsp3) is 0.389. The number of ether oxygens (including phenoxy) is 3. The van der Waals surface area contributed by atoms with Gasteiger partial charge >= 0.3 is 5.97 Å². The van der Waals surface area contributed by atoms with Crippen LogP contribution in [0.1, 0.15) is 10.4 Å². The summed E-state index contributed by atoms with van der Waals surface area (Å²) in [5, 5.41) is 2.03. The standard InChI is InChI=1S/C18H21NO4/c1-21-17-13-15-5-3-2-4-14(15)12-16(17)18(20)23-11-8-19-6-9-22-10-7-19/h2-5,12-13H,6-11H2,1H3. The number of methoxy groups -OCH3 is 1. The van der Waals surface area contributed by atoms with Gasteiger partial charge in [-0.1, -0.05) is 24.3 Å². The largest absolute Gasteiger partial charge is 0.496 e. The lowest BCUT2D eigenvalue weighted by molar-refractivity contribution is 0.0194. The lowest BCUT2D eigenvalue weighted by atomic mass is 10.1. The van der Waals surface area contributed by atoms with E-state index in [2.05, 4.69) is 4.90 Å². The van der Waals surface area contributed by atoms with E-state index < -0.39 is 0 Å². The van der Waals surface area contributed by atoms with Crippen LogP contribution in [-0.4, -0.2) is 57.4 Å². The average Bonchev–Trinajstić information content (AvgIpc) is 2.61. The maximum absolute atomic E-state index is 12.4. The van der Waals surface area contributed by atoms with Gasteiger partial charge in [0.25, 0.3) is 0 Å². The third-order valence-corrected chi connectivity index (χ3v) is 4.03. The molecule has 1 aliphatic rings. The lowest BCUT2D eigenvalue weighted by Gasteiger charge is -2.26. The number of hydrogen-bond acceptors (Lipinski definition) is 5. The second-order valence-corrected chi connectivity index (χ2v) is 5.49. The highest BCUT2D eigenvalue weighted by Crippen LogP contribution is 2.26. The van der Waals surface area contributed by atoms with Gasteiger partial charge in [0, 0.05) is 19.6 Å². The van der Waals surface area contributed by atoms with Gasteiger partial charge in [-0.2, -0.15) is 0 Å². The summed E-state index contributed by atoms with van der Waals surface area (Å²) in [6.07, 6.45) is 0. The Kier molecular flexibility index (Phi) is 5.10. The Morgan fingerprint density at radius 1 is 1.17 bits per heavy atom. The van der Waals surface area contributed by atoms with Crippen LogP contribution in [0, 0.1) is 0 Å². The van der Waals surface area contributed by atoms with Crippen LogP contribution in [0.15, 0.2) is 36.4 Å². The molecule has 0 N–H and O–H groups in total. The predicted octanol–water partition coefficient (Wildman–Crippen LogP) is 2.34. The minimum Gasteiger partial charge on any atom is -0.496 e. The highest BCUT2D eigenvalue weighted by atomic mass is 16.5. The summed E-state index contributed by atoms with van der Waals surface area (Å²) in [5.41, 5.74) is 0.466. The minimum absolute atomic E-state index is 0.346. The molecule has 1 saturated heterocycles. The zero-order valence-corrected chi connectivity index (χ0v) is 13.3. The van der Waals surface area contributed by atoms with E-state index >= 15 is 0 Å². The summed E-state index contributed by atoms with van der Waals surface area (Å²) >= 11 is 0. The lowest BCUT2D eigenvalue weighted by Crippen LogP contribution is -2.38. The van der Waals surface area contributed by atoms with Crippen molar-refractivity contribution < 1.29 is 19.0 Å². The molecule has 1 aliphatic heterocycles. The predicted molar refractivity (Wildman–Crippen MR) is 88.0 cm³/mol. The molecule has 5 heteroatoms. The summed E-state index contributed by atoms with van der Waals surface area (Å²) in [4.78, 5) is 14.6. The van der Waals surface area contributed by atoms with Crippen LogP contribution in [0.5, 0.6) is 5.75 Å². The van der Waals surface area contributed by atoms with Crippen molar-refractivity contribution in [1.29, 1.82) is 0 Å². The van der Waals surface area contributed by atoms with Gasteiger partial charge in [-0.05, 0) is 22.9 Å². The van der Waals surface area contributed by atoms with E-state index in [1.807, 2.05) is 36.4 Å². The molecule has 5 nitrogen and oxygen atoms in total. The smallest absolute Gasteiger partial charge is 0.341 e. The summed E-state index contributed by atoms with van der Waals surface area (Å²) in [5.74, 6) is 0.195. The van der Waals surface area contributed by atoms with Crippen molar-refractivity contribution in [3.8, 4) is 5.75 Å². The first-order valence-electron chi connectivity index (χ1n) is 7.82. The van der Waals surface area contributed by atoms with Crippen molar-refractivity contribution in [2.45, 2.75) is 0 Å². The summed E-state index contributed by atoms with van der Waals surface area (Å²) in [6, 6.07) is 11.6. The Bertz CT molecular complexity index is 680. The Hall–Kier alpha value is -2.11. The van der Waals surface area contributed by atoms with Gasteiger partial charge in [-0.15, -0.1) is 0 Å². The first kappa shape index (κ1) is 15.8. The average molecular weight is 315 g/mol. The molecule has 0 spiro atoms. The normalized spacial score (nSPS) is 15.5. The maximum Gasteiger partial charge on any atom is 0.341 e. The van der Waals surface area contributed by atoms with E-state index in [-0.39, 0.29) is 5.97 Å². The molecule has 0 bridgehead atoms. The monoisotopic (exact) mass is 315 g/mol. The molecule has 0 saturated carbocycles. The number of rotatable bonds is 5. The number of benzene rings is 2. The van der Waals surface area contributed by atoms with Crippen molar-refractivity contribution in [2.75, 3.05) is 46.6 Å². The number of nitrogens with zero attached hydrogens (tertiary/aromatic N) is 1. The summed E-state index contributed by atoms with van der Waals surface area (Å²) < 4.78 is 16.1. The Labute approximate surface area is 135 Å². The Morgan fingerprint density at radius 3 is 2.57 bits per heavy atom. The molecular formula is C18H21NO4. The fourth-order valence-electron chi connectivity index (χ4n) is 2.72. The maximum atomic E-state index is 12.4. The van der Waals surface area contributed by atoms with Crippen molar-refractivity contribution in [3.05, 3.63) is 42.0 Å².